The molecule has 3 rings (SSSR count). The molecule has 0 atom stereocenters. The average Bonchev–Trinajstić information content (AvgIpc) is 2.67. The van der Waals surface area contributed by atoms with Crippen molar-refractivity contribution >= 4 is 17.5 Å². The second-order valence-corrected chi connectivity index (χ2v) is 5.95. The maximum atomic E-state index is 12.4. The van der Waals surface area contributed by atoms with Crippen LogP contribution >= 0.6 is 0 Å². The maximum absolute atomic E-state index is 12.4. The highest BCUT2D eigenvalue weighted by molar-refractivity contribution is 6.05. The van der Waals surface area contributed by atoms with Gasteiger partial charge in [0, 0.05) is 24.6 Å². The lowest BCUT2D eigenvalue weighted by Crippen LogP contribution is -2.23. The van der Waals surface area contributed by atoms with Crippen molar-refractivity contribution in [1.29, 1.82) is 0 Å². The molecule has 0 fully saturated rings. The lowest BCUT2D eigenvalue weighted by Gasteiger charge is -2.08. The van der Waals surface area contributed by atoms with Crippen molar-refractivity contribution in [3.8, 4) is 0 Å². The number of pyridine rings is 1. The van der Waals surface area contributed by atoms with Crippen molar-refractivity contribution in [1.82, 2.24) is 10.3 Å². The van der Waals surface area contributed by atoms with Crippen LogP contribution in [-0.2, 0) is 6.54 Å². The van der Waals surface area contributed by atoms with Crippen molar-refractivity contribution in [2.24, 2.45) is 0 Å². The molecule has 1 heterocycles. The number of aryl methyl sites for hydroxylation is 1. The zero-order valence-corrected chi connectivity index (χ0v) is 14.4. The minimum Gasteiger partial charge on any atom is -0.348 e. The number of amides is 2. The lowest BCUT2D eigenvalue weighted by atomic mass is 10.1. The van der Waals surface area contributed by atoms with E-state index in [0.717, 1.165) is 11.1 Å². The zero-order chi connectivity index (χ0) is 18.4. The van der Waals surface area contributed by atoms with E-state index in [1.165, 1.54) is 18.5 Å². The molecule has 5 heteroatoms. The van der Waals surface area contributed by atoms with Gasteiger partial charge in [-0.3, -0.25) is 14.6 Å². The quantitative estimate of drug-likeness (QED) is 0.742. The Morgan fingerprint density at radius 3 is 2.35 bits per heavy atom. The number of para-hydroxylation sites is 1. The third-order valence-corrected chi connectivity index (χ3v) is 3.83. The van der Waals surface area contributed by atoms with Crippen LogP contribution in [-0.4, -0.2) is 16.8 Å². The SMILES string of the molecule is Cc1cccc(CNC(=O)c2cncc(C(=O)Nc3ccccc3)c2)c1. The molecule has 0 aliphatic heterocycles. The maximum Gasteiger partial charge on any atom is 0.257 e. The summed E-state index contributed by atoms with van der Waals surface area (Å²) in [6.07, 6.45) is 2.89. The molecule has 5 nitrogen and oxygen atoms in total. The molecule has 2 amide bonds. The summed E-state index contributed by atoms with van der Waals surface area (Å²) in [5.41, 5.74) is 3.52. The van der Waals surface area contributed by atoms with Gasteiger partial charge >= 0.3 is 0 Å². The van der Waals surface area contributed by atoms with E-state index in [0.29, 0.717) is 23.4 Å². The molecule has 0 radical (unpaired) electrons. The summed E-state index contributed by atoms with van der Waals surface area (Å²) in [6.45, 7) is 2.42. The molecule has 26 heavy (non-hydrogen) atoms. The first-order valence-electron chi connectivity index (χ1n) is 8.27. The molecular weight excluding hydrogens is 326 g/mol. The smallest absolute Gasteiger partial charge is 0.257 e. The molecule has 0 unspecified atom stereocenters. The number of carbonyl (C=O) groups excluding carboxylic acids is 2. The van der Waals surface area contributed by atoms with Gasteiger partial charge in [-0.05, 0) is 30.7 Å². The van der Waals surface area contributed by atoms with Gasteiger partial charge in [-0.2, -0.15) is 0 Å². The van der Waals surface area contributed by atoms with Crippen LogP contribution in [0.3, 0.4) is 0 Å². The molecule has 1 aromatic heterocycles. The number of hydrogen-bond acceptors (Lipinski definition) is 3. The van der Waals surface area contributed by atoms with Gasteiger partial charge in [0.25, 0.3) is 11.8 Å². The molecule has 2 aromatic carbocycles. The number of hydrogen-bond donors (Lipinski definition) is 2. The molecule has 0 bridgehead atoms. The number of nitrogens with zero attached hydrogens (tertiary/aromatic N) is 1. The fourth-order valence-corrected chi connectivity index (χ4v) is 2.52. The van der Waals surface area contributed by atoms with Gasteiger partial charge in [0.15, 0.2) is 0 Å². The van der Waals surface area contributed by atoms with Gasteiger partial charge in [0.05, 0.1) is 11.1 Å². The standard InChI is InChI=1S/C21H19N3O2/c1-15-6-5-7-16(10-15)12-23-20(25)17-11-18(14-22-13-17)21(26)24-19-8-3-2-4-9-19/h2-11,13-14H,12H2,1H3,(H,23,25)(H,24,26). The van der Waals surface area contributed by atoms with E-state index in [1.54, 1.807) is 12.1 Å². The van der Waals surface area contributed by atoms with E-state index >= 15 is 0 Å². The zero-order valence-electron chi connectivity index (χ0n) is 14.4. The second-order valence-electron chi connectivity index (χ2n) is 5.95. The first kappa shape index (κ1) is 17.4. The Hall–Kier alpha value is -3.47. The van der Waals surface area contributed by atoms with Crippen LogP contribution in [0.1, 0.15) is 31.8 Å². The number of nitrogens with one attached hydrogen (secondary N) is 2. The third kappa shape index (κ3) is 4.54. The summed E-state index contributed by atoms with van der Waals surface area (Å²) in [5.74, 6) is -0.578. The van der Waals surface area contributed by atoms with Crippen molar-refractivity contribution in [3.05, 3.63) is 95.3 Å². The Bertz CT molecular complexity index is 923. The summed E-state index contributed by atoms with van der Waals surface area (Å²) in [4.78, 5) is 28.7. The summed E-state index contributed by atoms with van der Waals surface area (Å²) < 4.78 is 0. The predicted molar refractivity (Wildman–Crippen MR) is 101 cm³/mol. The third-order valence-electron chi connectivity index (χ3n) is 3.83. The Balaban J connectivity index is 1.66. The number of aromatic nitrogens is 1. The monoisotopic (exact) mass is 345 g/mol. The lowest BCUT2D eigenvalue weighted by molar-refractivity contribution is 0.0950. The van der Waals surface area contributed by atoms with Crippen LogP contribution in [0.15, 0.2) is 73.1 Å². The topological polar surface area (TPSA) is 71.1 Å². The van der Waals surface area contributed by atoms with Crippen LogP contribution in [0.4, 0.5) is 5.69 Å². The minimum absolute atomic E-state index is 0.270. The Kier molecular flexibility index (Phi) is 5.39. The molecule has 0 saturated carbocycles. The van der Waals surface area contributed by atoms with Crippen molar-refractivity contribution in [2.75, 3.05) is 5.32 Å². The van der Waals surface area contributed by atoms with Crippen molar-refractivity contribution < 1.29 is 9.59 Å². The number of benzene rings is 2. The first-order valence-corrected chi connectivity index (χ1v) is 8.27. The van der Waals surface area contributed by atoms with Crippen LogP contribution in [0, 0.1) is 6.92 Å². The molecule has 130 valence electrons. The van der Waals surface area contributed by atoms with E-state index in [-0.39, 0.29) is 11.8 Å². The highest BCUT2D eigenvalue weighted by Crippen LogP contribution is 2.10. The van der Waals surface area contributed by atoms with E-state index < -0.39 is 0 Å². The second kappa shape index (κ2) is 8.07. The van der Waals surface area contributed by atoms with Crippen molar-refractivity contribution in [3.63, 3.8) is 0 Å². The minimum atomic E-state index is -0.308. The normalized spacial score (nSPS) is 10.2. The molecule has 0 aliphatic carbocycles. The van der Waals surface area contributed by atoms with Crippen LogP contribution < -0.4 is 10.6 Å². The van der Waals surface area contributed by atoms with Crippen LogP contribution in [0.5, 0.6) is 0 Å². The highest BCUT2D eigenvalue weighted by Gasteiger charge is 2.11. The summed E-state index contributed by atoms with van der Waals surface area (Å²) >= 11 is 0. The van der Waals surface area contributed by atoms with E-state index in [4.69, 9.17) is 0 Å². The van der Waals surface area contributed by atoms with Gasteiger partial charge in [0.1, 0.15) is 0 Å². The van der Waals surface area contributed by atoms with Crippen LogP contribution in [0.25, 0.3) is 0 Å². The fraction of sp³-hybridized carbons (Fsp3) is 0.0952. The molecule has 2 N–H and O–H groups in total. The van der Waals surface area contributed by atoms with Gasteiger partial charge in [-0.15, -0.1) is 0 Å². The van der Waals surface area contributed by atoms with E-state index in [9.17, 15) is 9.59 Å². The molecular formula is C21H19N3O2. The molecule has 0 aliphatic rings. The molecule has 0 spiro atoms. The van der Waals surface area contributed by atoms with Gasteiger partial charge in [0.2, 0.25) is 0 Å². The Morgan fingerprint density at radius 2 is 1.62 bits per heavy atom. The summed E-state index contributed by atoms with van der Waals surface area (Å²) in [6, 6.07) is 18.6. The van der Waals surface area contributed by atoms with Crippen molar-refractivity contribution in [2.45, 2.75) is 13.5 Å². The van der Waals surface area contributed by atoms with E-state index in [1.807, 2.05) is 49.4 Å². The van der Waals surface area contributed by atoms with Crippen LogP contribution in [0.2, 0.25) is 0 Å². The average molecular weight is 345 g/mol. The number of carbonyl (C=O) groups is 2. The Labute approximate surface area is 152 Å². The Morgan fingerprint density at radius 1 is 0.885 bits per heavy atom. The number of rotatable bonds is 5. The largest absolute Gasteiger partial charge is 0.348 e. The van der Waals surface area contributed by atoms with Gasteiger partial charge in [-0.25, -0.2) is 0 Å². The highest BCUT2D eigenvalue weighted by atomic mass is 16.2. The van der Waals surface area contributed by atoms with Gasteiger partial charge in [-0.1, -0.05) is 48.0 Å². The van der Waals surface area contributed by atoms with E-state index in [2.05, 4.69) is 15.6 Å². The first-order chi connectivity index (χ1) is 12.6. The summed E-state index contributed by atoms with van der Waals surface area (Å²) in [5, 5.41) is 5.63. The molecule has 3 aromatic rings. The van der Waals surface area contributed by atoms with Gasteiger partial charge < -0.3 is 10.6 Å². The fourth-order valence-electron chi connectivity index (χ4n) is 2.52. The molecule has 0 saturated heterocycles. The number of anilines is 1. The summed E-state index contributed by atoms with van der Waals surface area (Å²) in [7, 11) is 0. The predicted octanol–water partition coefficient (Wildman–Crippen LogP) is 3.57.